The lowest BCUT2D eigenvalue weighted by Gasteiger charge is -2.28. The predicted molar refractivity (Wildman–Crippen MR) is 118 cm³/mol. The molecule has 1 saturated heterocycles. The molecule has 0 unspecified atom stereocenters. The van der Waals surface area contributed by atoms with E-state index >= 15 is 0 Å². The van der Waals surface area contributed by atoms with Gasteiger partial charge >= 0.3 is 6.03 Å². The Hall–Kier alpha value is -3.05. The van der Waals surface area contributed by atoms with Crippen molar-refractivity contribution in [2.75, 3.05) is 32.1 Å². The number of nitrogens with one attached hydrogen (secondary N) is 2. The van der Waals surface area contributed by atoms with Crippen LogP contribution in [0, 0.1) is 0 Å². The van der Waals surface area contributed by atoms with Gasteiger partial charge in [-0.05, 0) is 55.1 Å². The lowest BCUT2D eigenvalue weighted by Crippen LogP contribution is -2.38. The molecular weight excluding hydrogens is 362 g/mol. The van der Waals surface area contributed by atoms with Crippen molar-refractivity contribution in [3.63, 3.8) is 0 Å². The summed E-state index contributed by atoms with van der Waals surface area (Å²) >= 11 is 0. The van der Waals surface area contributed by atoms with E-state index < -0.39 is 0 Å². The number of rotatable bonds is 6. The Labute approximate surface area is 171 Å². The Morgan fingerprint density at radius 2 is 1.79 bits per heavy atom. The molecule has 1 fully saturated rings. The maximum atomic E-state index is 12.7. The van der Waals surface area contributed by atoms with Crippen LogP contribution in [0.15, 0.2) is 66.7 Å². The first kappa shape index (κ1) is 19.3. The molecule has 1 heterocycles. The number of ether oxygens (including phenoxy) is 1. The minimum absolute atomic E-state index is 0.130. The van der Waals surface area contributed by atoms with E-state index in [1.165, 1.54) is 12.8 Å². The molecule has 1 atom stereocenters. The number of carbonyl (C=O) groups is 1. The molecule has 1 aliphatic rings. The van der Waals surface area contributed by atoms with Crippen molar-refractivity contribution in [3.8, 4) is 5.75 Å². The largest absolute Gasteiger partial charge is 0.497 e. The van der Waals surface area contributed by atoms with Crippen molar-refractivity contribution >= 4 is 22.5 Å². The van der Waals surface area contributed by atoms with Crippen LogP contribution in [0.3, 0.4) is 0 Å². The highest BCUT2D eigenvalue weighted by molar-refractivity contribution is 6.01. The normalized spacial score (nSPS) is 15.2. The number of hydrogen-bond acceptors (Lipinski definition) is 3. The van der Waals surface area contributed by atoms with E-state index in [1.807, 2.05) is 54.6 Å². The fourth-order valence-corrected chi connectivity index (χ4v) is 4.05. The summed E-state index contributed by atoms with van der Waals surface area (Å²) in [5.41, 5.74) is 1.98. The van der Waals surface area contributed by atoms with Crippen molar-refractivity contribution in [3.05, 3.63) is 72.3 Å². The van der Waals surface area contributed by atoms with E-state index in [0.29, 0.717) is 6.54 Å². The number of hydrogen-bond donors (Lipinski definition) is 2. The zero-order valence-electron chi connectivity index (χ0n) is 16.7. The average molecular weight is 389 g/mol. The Balaban J connectivity index is 1.47. The Bertz CT molecular complexity index is 977. The number of fused-ring (bicyclic) bond motifs is 1. The van der Waals surface area contributed by atoms with E-state index in [0.717, 1.165) is 40.9 Å². The number of urea groups is 1. The molecule has 3 aromatic rings. The quantitative estimate of drug-likeness (QED) is 0.636. The Kier molecular flexibility index (Phi) is 5.96. The molecule has 0 saturated carbocycles. The number of carbonyl (C=O) groups excluding carboxylic acids is 1. The molecule has 2 amide bonds. The van der Waals surface area contributed by atoms with E-state index in [1.54, 1.807) is 7.11 Å². The molecule has 0 aliphatic carbocycles. The van der Waals surface area contributed by atoms with Crippen molar-refractivity contribution in [1.29, 1.82) is 0 Å². The first-order valence-corrected chi connectivity index (χ1v) is 10.2. The van der Waals surface area contributed by atoms with Crippen molar-refractivity contribution < 1.29 is 9.53 Å². The number of benzene rings is 3. The lowest BCUT2D eigenvalue weighted by molar-refractivity contribution is 0.227. The average Bonchev–Trinajstić information content (AvgIpc) is 3.29. The van der Waals surface area contributed by atoms with Gasteiger partial charge in [0.1, 0.15) is 5.75 Å². The van der Waals surface area contributed by atoms with Crippen LogP contribution in [0.2, 0.25) is 0 Å². The summed E-state index contributed by atoms with van der Waals surface area (Å²) in [5, 5.41) is 8.23. The zero-order valence-corrected chi connectivity index (χ0v) is 16.7. The summed E-state index contributed by atoms with van der Waals surface area (Å²) < 4.78 is 5.39. The maximum absolute atomic E-state index is 12.7. The monoisotopic (exact) mass is 389 g/mol. The second-order valence-electron chi connectivity index (χ2n) is 7.40. The molecule has 5 nitrogen and oxygen atoms in total. The number of likely N-dealkylation sites (tertiary alicyclic amines) is 1. The van der Waals surface area contributed by atoms with Gasteiger partial charge in [0.25, 0.3) is 0 Å². The molecular formula is C24H27N3O2. The number of nitrogens with zero attached hydrogens (tertiary/aromatic N) is 1. The van der Waals surface area contributed by atoms with Gasteiger partial charge in [-0.15, -0.1) is 0 Å². The molecule has 0 radical (unpaired) electrons. The van der Waals surface area contributed by atoms with Crippen molar-refractivity contribution in [1.82, 2.24) is 10.2 Å². The summed E-state index contributed by atoms with van der Waals surface area (Å²) in [5.74, 6) is 0.840. The third-order valence-electron chi connectivity index (χ3n) is 5.55. The van der Waals surface area contributed by atoms with Crippen LogP contribution in [-0.4, -0.2) is 37.7 Å². The number of methoxy groups -OCH3 is 1. The molecule has 2 N–H and O–H groups in total. The maximum Gasteiger partial charge on any atom is 0.319 e. The fraction of sp³-hybridized carbons (Fsp3) is 0.292. The molecule has 1 aliphatic heterocycles. The van der Waals surface area contributed by atoms with Gasteiger partial charge in [-0.2, -0.15) is 0 Å². The summed E-state index contributed by atoms with van der Waals surface area (Å²) in [6.07, 6.45) is 2.39. The highest BCUT2D eigenvalue weighted by atomic mass is 16.5. The first-order valence-electron chi connectivity index (χ1n) is 10.2. The minimum Gasteiger partial charge on any atom is -0.497 e. The van der Waals surface area contributed by atoms with Gasteiger partial charge < -0.3 is 15.4 Å². The summed E-state index contributed by atoms with van der Waals surface area (Å²) in [6.45, 7) is 2.65. The van der Waals surface area contributed by atoms with E-state index in [-0.39, 0.29) is 12.1 Å². The van der Waals surface area contributed by atoms with E-state index in [4.69, 9.17) is 4.74 Å². The molecule has 4 rings (SSSR count). The number of anilines is 1. The molecule has 5 heteroatoms. The standard InChI is InChI=1S/C24H27N3O2/c1-29-20-11-6-10-19(16-20)23(27-14-4-5-15-27)17-25-24(28)26-22-13-7-9-18-8-2-3-12-21(18)22/h2-3,6-13,16,23H,4-5,14-15,17H2,1H3,(H2,25,26,28)/t23-/m0/s1. The van der Waals surface area contributed by atoms with Crippen LogP contribution < -0.4 is 15.4 Å². The summed E-state index contributed by atoms with van der Waals surface area (Å²) in [7, 11) is 1.68. The van der Waals surface area contributed by atoms with Crippen LogP contribution in [0.1, 0.15) is 24.4 Å². The van der Waals surface area contributed by atoms with Crippen LogP contribution in [0.25, 0.3) is 10.8 Å². The van der Waals surface area contributed by atoms with Crippen molar-refractivity contribution in [2.45, 2.75) is 18.9 Å². The third-order valence-corrected chi connectivity index (χ3v) is 5.55. The number of amides is 2. The van der Waals surface area contributed by atoms with Crippen LogP contribution >= 0.6 is 0 Å². The summed E-state index contributed by atoms with van der Waals surface area (Å²) in [6, 6.07) is 22.1. The van der Waals surface area contributed by atoms with Crippen LogP contribution in [-0.2, 0) is 0 Å². The highest BCUT2D eigenvalue weighted by Crippen LogP contribution is 2.27. The highest BCUT2D eigenvalue weighted by Gasteiger charge is 2.24. The van der Waals surface area contributed by atoms with Crippen LogP contribution in [0.4, 0.5) is 10.5 Å². The molecule has 0 spiro atoms. The van der Waals surface area contributed by atoms with Gasteiger partial charge in [0.2, 0.25) is 0 Å². The topological polar surface area (TPSA) is 53.6 Å². The lowest BCUT2D eigenvalue weighted by atomic mass is 10.1. The van der Waals surface area contributed by atoms with E-state index in [2.05, 4.69) is 27.7 Å². The van der Waals surface area contributed by atoms with Gasteiger partial charge in [0.05, 0.1) is 18.8 Å². The molecule has 29 heavy (non-hydrogen) atoms. The Morgan fingerprint density at radius 3 is 2.62 bits per heavy atom. The van der Waals surface area contributed by atoms with Gasteiger partial charge in [0.15, 0.2) is 0 Å². The third kappa shape index (κ3) is 4.51. The Morgan fingerprint density at radius 1 is 1.03 bits per heavy atom. The first-order chi connectivity index (χ1) is 14.2. The predicted octanol–water partition coefficient (Wildman–Crippen LogP) is 4.81. The van der Waals surface area contributed by atoms with Gasteiger partial charge in [0, 0.05) is 11.9 Å². The van der Waals surface area contributed by atoms with Crippen molar-refractivity contribution in [2.24, 2.45) is 0 Å². The SMILES string of the molecule is COc1cccc([C@H](CNC(=O)Nc2cccc3ccccc23)N2CCCC2)c1. The van der Waals surface area contributed by atoms with Gasteiger partial charge in [-0.25, -0.2) is 4.79 Å². The smallest absolute Gasteiger partial charge is 0.319 e. The zero-order chi connectivity index (χ0) is 20.1. The summed E-state index contributed by atoms with van der Waals surface area (Å²) in [4.78, 5) is 15.1. The van der Waals surface area contributed by atoms with Gasteiger partial charge in [-0.1, -0.05) is 48.5 Å². The van der Waals surface area contributed by atoms with Crippen LogP contribution in [0.5, 0.6) is 5.75 Å². The molecule has 150 valence electrons. The molecule has 0 aromatic heterocycles. The molecule has 0 bridgehead atoms. The molecule has 3 aromatic carbocycles. The second kappa shape index (κ2) is 8.97. The van der Waals surface area contributed by atoms with Gasteiger partial charge in [-0.3, -0.25) is 4.90 Å². The minimum atomic E-state index is -0.187. The fourth-order valence-electron chi connectivity index (χ4n) is 4.05. The van der Waals surface area contributed by atoms with E-state index in [9.17, 15) is 4.79 Å². The second-order valence-corrected chi connectivity index (χ2v) is 7.40.